The third kappa shape index (κ3) is 3.30. The van der Waals surface area contributed by atoms with Gasteiger partial charge in [0.25, 0.3) is 0 Å². The highest BCUT2D eigenvalue weighted by Crippen LogP contribution is 2.23. The zero-order valence-electron chi connectivity index (χ0n) is 10.6. The SMILES string of the molecule is CC(C)(C)CNc1nc(Cl)nc2c1CNCC2. The van der Waals surface area contributed by atoms with E-state index in [9.17, 15) is 0 Å². The van der Waals surface area contributed by atoms with Gasteiger partial charge >= 0.3 is 0 Å². The maximum Gasteiger partial charge on any atom is 0.224 e. The summed E-state index contributed by atoms with van der Waals surface area (Å²) in [5.41, 5.74) is 2.44. The molecule has 2 rings (SSSR count). The highest BCUT2D eigenvalue weighted by Gasteiger charge is 2.18. The minimum Gasteiger partial charge on any atom is -0.369 e. The van der Waals surface area contributed by atoms with Crippen LogP contribution in [0.25, 0.3) is 0 Å². The molecule has 0 aromatic carbocycles. The van der Waals surface area contributed by atoms with Crippen molar-refractivity contribution in [3.05, 3.63) is 16.5 Å². The van der Waals surface area contributed by atoms with Crippen LogP contribution in [-0.2, 0) is 13.0 Å². The summed E-state index contributed by atoms with van der Waals surface area (Å²) in [5.74, 6) is 0.877. The van der Waals surface area contributed by atoms with E-state index in [0.717, 1.165) is 43.1 Å². The Bertz CT molecular complexity index is 412. The molecule has 0 atom stereocenters. The van der Waals surface area contributed by atoms with Crippen LogP contribution in [-0.4, -0.2) is 23.1 Å². The van der Waals surface area contributed by atoms with Crippen LogP contribution in [0.1, 0.15) is 32.0 Å². The van der Waals surface area contributed by atoms with Crippen molar-refractivity contribution in [2.75, 3.05) is 18.4 Å². The highest BCUT2D eigenvalue weighted by molar-refractivity contribution is 6.28. The molecular weight excluding hydrogens is 236 g/mol. The number of nitrogens with one attached hydrogen (secondary N) is 2. The van der Waals surface area contributed by atoms with Gasteiger partial charge in [-0.2, -0.15) is 0 Å². The number of aromatic nitrogens is 2. The zero-order chi connectivity index (χ0) is 12.5. The predicted molar refractivity (Wildman–Crippen MR) is 70.4 cm³/mol. The maximum atomic E-state index is 5.95. The number of hydrogen-bond acceptors (Lipinski definition) is 4. The average Bonchev–Trinajstić information content (AvgIpc) is 2.24. The molecule has 1 aromatic rings. The molecule has 0 radical (unpaired) electrons. The van der Waals surface area contributed by atoms with E-state index in [-0.39, 0.29) is 5.41 Å². The van der Waals surface area contributed by atoms with Crippen molar-refractivity contribution in [3.63, 3.8) is 0 Å². The number of fused-ring (bicyclic) bond motifs is 1. The highest BCUT2D eigenvalue weighted by atomic mass is 35.5. The van der Waals surface area contributed by atoms with Crippen LogP contribution >= 0.6 is 11.6 Å². The summed E-state index contributed by atoms with van der Waals surface area (Å²) in [4.78, 5) is 8.59. The van der Waals surface area contributed by atoms with E-state index in [1.54, 1.807) is 0 Å². The van der Waals surface area contributed by atoms with Gasteiger partial charge in [-0.1, -0.05) is 20.8 Å². The van der Waals surface area contributed by atoms with Gasteiger partial charge in [0.15, 0.2) is 0 Å². The van der Waals surface area contributed by atoms with Crippen molar-refractivity contribution in [1.29, 1.82) is 0 Å². The molecule has 0 unspecified atom stereocenters. The molecule has 0 saturated heterocycles. The molecule has 2 N–H and O–H groups in total. The molecule has 94 valence electrons. The third-order valence-electron chi connectivity index (χ3n) is 2.69. The first-order valence-corrected chi connectivity index (χ1v) is 6.33. The molecule has 0 fully saturated rings. The predicted octanol–water partition coefficient (Wildman–Crippen LogP) is 2.23. The number of nitrogens with zero attached hydrogens (tertiary/aromatic N) is 2. The second kappa shape index (κ2) is 4.78. The molecule has 1 aliphatic heterocycles. The fraction of sp³-hybridized carbons (Fsp3) is 0.667. The first kappa shape index (κ1) is 12.6. The lowest BCUT2D eigenvalue weighted by Gasteiger charge is -2.23. The normalized spacial score (nSPS) is 15.5. The minimum atomic E-state index is 0.215. The summed E-state index contributed by atoms with van der Waals surface area (Å²) in [5, 5.41) is 7.05. The first-order chi connectivity index (χ1) is 7.96. The molecule has 5 heteroatoms. The van der Waals surface area contributed by atoms with Gasteiger partial charge in [-0.3, -0.25) is 0 Å². The Morgan fingerprint density at radius 1 is 1.35 bits per heavy atom. The largest absolute Gasteiger partial charge is 0.369 e. The van der Waals surface area contributed by atoms with E-state index in [1.165, 1.54) is 0 Å². The fourth-order valence-electron chi connectivity index (χ4n) is 1.81. The van der Waals surface area contributed by atoms with Crippen molar-refractivity contribution in [3.8, 4) is 0 Å². The van der Waals surface area contributed by atoms with E-state index in [4.69, 9.17) is 11.6 Å². The molecule has 0 saturated carbocycles. The molecule has 0 amide bonds. The smallest absolute Gasteiger partial charge is 0.224 e. The summed E-state index contributed by atoms with van der Waals surface area (Å²) >= 11 is 5.95. The van der Waals surface area contributed by atoms with Crippen molar-refractivity contribution in [2.45, 2.75) is 33.7 Å². The summed E-state index contributed by atoms with van der Waals surface area (Å²) in [6.45, 7) is 9.21. The lowest BCUT2D eigenvalue weighted by Crippen LogP contribution is -2.28. The molecule has 1 aromatic heterocycles. The Kier molecular flexibility index (Phi) is 3.54. The van der Waals surface area contributed by atoms with Gasteiger partial charge in [0.2, 0.25) is 5.28 Å². The van der Waals surface area contributed by atoms with Gasteiger partial charge in [-0.25, -0.2) is 9.97 Å². The molecule has 17 heavy (non-hydrogen) atoms. The molecule has 0 bridgehead atoms. The monoisotopic (exact) mass is 254 g/mol. The molecular formula is C12H19ClN4. The average molecular weight is 255 g/mol. The molecule has 2 heterocycles. The lowest BCUT2D eigenvalue weighted by molar-refractivity contribution is 0.442. The van der Waals surface area contributed by atoms with Gasteiger partial charge < -0.3 is 10.6 Å². The summed E-state index contributed by atoms with van der Waals surface area (Å²) in [6.07, 6.45) is 0.918. The lowest BCUT2D eigenvalue weighted by atomic mass is 9.97. The van der Waals surface area contributed by atoms with Crippen LogP contribution in [0, 0.1) is 5.41 Å². The van der Waals surface area contributed by atoms with E-state index < -0.39 is 0 Å². The molecule has 1 aliphatic rings. The Labute approximate surface area is 107 Å². The Morgan fingerprint density at radius 3 is 2.82 bits per heavy atom. The standard InChI is InChI=1S/C12H19ClN4/c1-12(2,3)7-15-10-8-6-14-5-4-9(8)16-11(13)17-10/h14H,4-7H2,1-3H3,(H,15,16,17). The van der Waals surface area contributed by atoms with E-state index in [2.05, 4.69) is 41.4 Å². The van der Waals surface area contributed by atoms with Crippen LogP contribution in [0.4, 0.5) is 5.82 Å². The third-order valence-corrected chi connectivity index (χ3v) is 2.86. The Morgan fingerprint density at radius 2 is 2.12 bits per heavy atom. The summed E-state index contributed by atoms with van der Waals surface area (Å²) in [6, 6.07) is 0. The quantitative estimate of drug-likeness (QED) is 0.795. The summed E-state index contributed by atoms with van der Waals surface area (Å²) < 4.78 is 0. The van der Waals surface area contributed by atoms with Crippen LogP contribution in [0.15, 0.2) is 0 Å². The number of halogens is 1. The van der Waals surface area contributed by atoms with E-state index in [0.29, 0.717) is 5.28 Å². The van der Waals surface area contributed by atoms with Gasteiger partial charge in [0.05, 0.1) is 5.69 Å². The zero-order valence-corrected chi connectivity index (χ0v) is 11.4. The molecule has 0 spiro atoms. The summed E-state index contributed by atoms with van der Waals surface area (Å²) in [7, 11) is 0. The van der Waals surface area contributed by atoms with Crippen molar-refractivity contribution in [1.82, 2.24) is 15.3 Å². The second-order valence-corrected chi connectivity index (χ2v) is 5.95. The van der Waals surface area contributed by atoms with Gasteiger partial charge in [-0.15, -0.1) is 0 Å². The van der Waals surface area contributed by atoms with Crippen LogP contribution in [0.3, 0.4) is 0 Å². The Balaban J connectivity index is 2.23. The first-order valence-electron chi connectivity index (χ1n) is 5.95. The van der Waals surface area contributed by atoms with Crippen LogP contribution < -0.4 is 10.6 Å². The van der Waals surface area contributed by atoms with E-state index in [1.807, 2.05) is 0 Å². The minimum absolute atomic E-state index is 0.215. The van der Waals surface area contributed by atoms with Gasteiger partial charge in [-0.05, 0) is 17.0 Å². The number of anilines is 1. The Hall–Kier alpha value is -0.870. The molecule has 4 nitrogen and oxygen atoms in total. The maximum absolute atomic E-state index is 5.95. The number of hydrogen-bond donors (Lipinski definition) is 2. The van der Waals surface area contributed by atoms with Crippen molar-refractivity contribution >= 4 is 17.4 Å². The number of rotatable bonds is 2. The van der Waals surface area contributed by atoms with Crippen LogP contribution in [0.5, 0.6) is 0 Å². The van der Waals surface area contributed by atoms with Gasteiger partial charge in [0.1, 0.15) is 5.82 Å². The topological polar surface area (TPSA) is 49.8 Å². The second-order valence-electron chi connectivity index (χ2n) is 5.61. The van der Waals surface area contributed by atoms with Crippen molar-refractivity contribution < 1.29 is 0 Å². The molecule has 0 aliphatic carbocycles. The van der Waals surface area contributed by atoms with Gasteiger partial charge in [0, 0.05) is 31.6 Å². The van der Waals surface area contributed by atoms with Crippen molar-refractivity contribution in [2.24, 2.45) is 5.41 Å². The van der Waals surface area contributed by atoms with E-state index >= 15 is 0 Å². The fourth-order valence-corrected chi connectivity index (χ4v) is 1.99. The van der Waals surface area contributed by atoms with Crippen LogP contribution in [0.2, 0.25) is 5.28 Å².